The summed E-state index contributed by atoms with van der Waals surface area (Å²) < 4.78 is 0.864. The highest BCUT2D eigenvalue weighted by Gasteiger charge is 2.14. The Balaban J connectivity index is 2.31. The van der Waals surface area contributed by atoms with Crippen molar-refractivity contribution < 1.29 is 0 Å². The largest absolute Gasteiger partial charge is 0.366 e. The van der Waals surface area contributed by atoms with Crippen molar-refractivity contribution in [1.82, 2.24) is 0 Å². The maximum atomic E-state index is 9.35. The lowest BCUT2D eigenvalue weighted by Crippen LogP contribution is -2.09. The van der Waals surface area contributed by atoms with Gasteiger partial charge >= 0.3 is 0 Å². The predicted octanol–water partition coefficient (Wildman–Crippen LogP) is 5.09. The number of benzene rings is 2. The molecule has 1 N–H and O–H groups in total. The number of hydrogen-bond acceptors (Lipinski definition) is 2. The average molecular weight is 336 g/mol. The zero-order valence-electron chi connectivity index (χ0n) is 10.3. The lowest BCUT2D eigenvalue weighted by atomic mass is 10.1. The van der Waals surface area contributed by atoms with Crippen LogP contribution in [0, 0.1) is 18.3 Å². The minimum Gasteiger partial charge on any atom is -0.366 e. The second kappa shape index (κ2) is 6.10. The van der Waals surface area contributed by atoms with Gasteiger partial charge in [-0.1, -0.05) is 39.7 Å². The van der Waals surface area contributed by atoms with E-state index in [1.807, 2.05) is 37.3 Å². The van der Waals surface area contributed by atoms with Gasteiger partial charge in [0.1, 0.15) is 6.04 Å². The van der Waals surface area contributed by atoms with Gasteiger partial charge in [-0.05, 0) is 42.8 Å². The summed E-state index contributed by atoms with van der Waals surface area (Å²) in [5, 5.41) is 13.2. The van der Waals surface area contributed by atoms with E-state index in [9.17, 15) is 5.26 Å². The van der Waals surface area contributed by atoms with E-state index in [0.29, 0.717) is 5.02 Å². The first-order chi connectivity index (χ1) is 9.10. The Kier molecular flexibility index (Phi) is 4.47. The van der Waals surface area contributed by atoms with Crippen molar-refractivity contribution in [2.24, 2.45) is 0 Å². The first-order valence-electron chi connectivity index (χ1n) is 5.78. The smallest absolute Gasteiger partial charge is 0.141 e. The second-order valence-corrected chi connectivity index (χ2v) is 5.53. The van der Waals surface area contributed by atoms with E-state index < -0.39 is 6.04 Å². The highest BCUT2D eigenvalue weighted by molar-refractivity contribution is 9.10. The van der Waals surface area contributed by atoms with Gasteiger partial charge in [0.2, 0.25) is 0 Å². The molecule has 0 spiro atoms. The molecule has 19 heavy (non-hydrogen) atoms. The van der Waals surface area contributed by atoms with E-state index in [0.717, 1.165) is 21.3 Å². The van der Waals surface area contributed by atoms with Crippen molar-refractivity contribution in [2.75, 3.05) is 5.32 Å². The van der Waals surface area contributed by atoms with Crippen molar-refractivity contribution in [3.05, 3.63) is 63.1 Å². The fourth-order valence-corrected chi connectivity index (χ4v) is 2.47. The van der Waals surface area contributed by atoms with Crippen LogP contribution < -0.4 is 5.32 Å². The van der Waals surface area contributed by atoms with Crippen LogP contribution in [-0.2, 0) is 0 Å². The van der Waals surface area contributed by atoms with Crippen LogP contribution in [0.15, 0.2) is 46.9 Å². The molecule has 0 aliphatic heterocycles. The van der Waals surface area contributed by atoms with Crippen molar-refractivity contribution in [2.45, 2.75) is 13.0 Å². The maximum Gasteiger partial charge on any atom is 0.141 e. The topological polar surface area (TPSA) is 35.8 Å². The van der Waals surface area contributed by atoms with Gasteiger partial charge in [-0.15, -0.1) is 0 Å². The highest BCUT2D eigenvalue weighted by Crippen LogP contribution is 2.29. The Labute approximate surface area is 126 Å². The first-order valence-corrected chi connectivity index (χ1v) is 6.95. The number of halogens is 2. The predicted molar refractivity (Wildman–Crippen MR) is 82.3 cm³/mol. The van der Waals surface area contributed by atoms with Gasteiger partial charge < -0.3 is 5.32 Å². The van der Waals surface area contributed by atoms with E-state index in [1.165, 1.54) is 0 Å². The van der Waals surface area contributed by atoms with E-state index in [1.54, 1.807) is 12.1 Å². The fourth-order valence-electron chi connectivity index (χ4n) is 1.82. The van der Waals surface area contributed by atoms with Crippen LogP contribution in [0.25, 0.3) is 0 Å². The maximum absolute atomic E-state index is 9.35. The standard InChI is InChI=1S/C15H12BrClN2/c1-10-3-2-4-12(7-10)19-15(9-18)13-8-11(17)5-6-14(13)16/h2-8,15,19H,1H3. The van der Waals surface area contributed by atoms with Crippen molar-refractivity contribution in [1.29, 1.82) is 5.26 Å². The molecule has 0 fully saturated rings. The lowest BCUT2D eigenvalue weighted by molar-refractivity contribution is 0.989. The Bertz CT molecular complexity index is 634. The van der Waals surface area contributed by atoms with Crippen molar-refractivity contribution in [3.63, 3.8) is 0 Å². The summed E-state index contributed by atoms with van der Waals surface area (Å²) in [5.74, 6) is 0. The molecule has 2 rings (SSSR count). The van der Waals surface area contributed by atoms with Gasteiger partial charge in [0, 0.05) is 20.7 Å². The number of rotatable bonds is 3. The number of hydrogen-bond donors (Lipinski definition) is 1. The molecule has 0 saturated heterocycles. The molecule has 1 unspecified atom stereocenters. The van der Waals surface area contributed by atoms with Crippen LogP contribution in [0.1, 0.15) is 17.2 Å². The summed E-state index contributed by atoms with van der Waals surface area (Å²) in [6.07, 6.45) is 0. The number of nitrogens with zero attached hydrogens (tertiary/aromatic N) is 1. The van der Waals surface area contributed by atoms with Gasteiger partial charge in [0.15, 0.2) is 0 Å². The van der Waals surface area contributed by atoms with Crippen LogP contribution in [0.2, 0.25) is 5.02 Å². The summed E-state index contributed by atoms with van der Waals surface area (Å²) in [5.41, 5.74) is 2.89. The van der Waals surface area contributed by atoms with Crippen molar-refractivity contribution in [3.8, 4) is 6.07 Å². The molecule has 0 amide bonds. The molecule has 0 aliphatic carbocycles. The van der Waals surface area contributed by atoms with Gasteiger partial charge in [-0.25, -0.2) is 0 Å². The first kappa shape index (κ1) is 13.9. The third-order valence-electron chi connectivity index (χ3n) is 2.73. The molecule has 0 aliphatic rings. The minimum absolute atomic E-state index is 0.449. The minimum atomic E-state index is -0.449. The molecule has 0 bridgehead atoms. The van der Waals surface area contributed by atoms with Crippen LogP contribution in [0.3, 0.4) is 0 Å². The number of nitrogens with one attached hydrogen (secondary N) is 1. The Morgan fingerprint density at radius 2 is 2.05 bits per heavy atom. The molecule has 0 heterocycles. The zero-order chi connectivity index (χ0) is 13.8. The Hall–Kier alpha value is -1.50. The molecule has 1 atom stereocenters. The number of nitriles is 1. The molecule has 0 aromatic heterocycles. The van der Waals surface area contributed by atoms with Crippen LogP contribution in [-0.4, -0.2) is 0 Å². The Morgan fingerprint density at radius 3 is 2.74 bits per heavy atom. The van der Waals surface area contributed by atoms with E-state index in [2.05, 4.69) is 27.3 Å². The molecule has 4 heteroatoms. The number of anilines is 1. The molecule has 2 nitrogen and oxygen atoms in total. The fraction of sp³-hybridized carbons (Fsp3) is 0.133. The van der Waals surface area contributed by atoms with Gasteiger partial charge in [-0.2, -0.15) is 5.26 Å². The summed E-state index contributed by atoms with van der Waals surface area (Å²) in [6, 6.07) is 15.2. The monoisotopic (exact) mass is 334 g/mol. The molecule has 0 radical (unpaired) electrons. The van der Waals surface area contributed by atoms with Crippen LogP contribution in [0.5, 0.6) is 0 Å². The third kappa shape index (κ3) is 3.50. The summed E-state index contributed by atoms with van der Waals surface area (Å²) in [6.45, 7) is 2.02. The van der Waals surface area contributed by atoms with Crippen molar-refractivity contribution >= 4 is 33.2 Å². The summed E-state index contributed by atoms with van der Waals surface area (Å²) >= 11 is 9.44. The summed E-state index contributed by atoms with van der Waals surface area (Å²) in [7, 11) is 0. The van der Waals surface area contributed by atoms with Crippen LogP contribution >= 0.6 is 27.5 Å². The molecule has 0 saturated carbocycles. The summed E-state index contributed by atoms with van der Waals surface area (Å²) in [4.78, 5) is 0. The lowest BCUT2D eigenvalue weighted by Gasteiger charge is -2.15. The van der Waals surface area contributed by atoms with Gasteiger partial charge in [-0.3, -0.25) is 0 Å². The van der Waals surface area contributed by atoms with Gasteiger partial charge in [0.25, 0.3) is 0 Å². The molecular formula is C15H12BrClN2. The third-order valence-corrected chi connectivity index (χ3v) is 3.68. The molecule has 96 valence electrons. The quantitative estimate of drug-likeness (QED) is 0.848. The normalized spacial score (nSPS) is 11.7. The molecule has 2 aromatic carbocycles. The average Bonchev–Trinajstić information content (AvgIpc) is 2.39. The Morgan fingerprint density at radius 1 is 1.26 bits per heavy atom. The SMILES string of the molecule is Cc1cccc(NC(C#N)c2cc(Cl)ccc2Br)c1. The van der Waals surface area contributed by atoms with Crippen LogP contribution in [0.4, 0.5) is 5.69 Å². The molecule has 2 aromatic rings. The second-order valence-electron chi connectivity index (χ2n) is 4.24. The molecular weight excluding hydrogens is 324 g/mol. The zero-order valence-corrected chi connectivity index (χ0v) is 12.7. The van der Waals surface area contributed by atoms with Gasteiger partial charge in [0.05, 0.1) is 6.07 Å². The van der Waals surface area contributed by atoms with E-state index in [-0.39, 0.29) is 0 Å². The highest BCUT2D eigenvalue weighted by atomic mass is 79.9. The van der Waals surface area contributed by atoms with E-state index >= 15 is 0 Å². The van der Waals surface area contributed by atoms with E-state index in [4.69, 9.17) is 11.6 Å². The number of aryl methyl sites for hydroxylation is 1.